The molecule has 0 aliphatic heterocycles. The first-order valence-corrected chi connectivity index (χ1v) is 5.80. The smallest absolute Gasteiger partial charge is 0.406 e. The van der Waals surface area contributed by atoms with Crippen LogP contribution in [0.1, 0.15) is 6.92 Å². The van der Waals surface area contributed by atoms with E-state index in [-0.39, 0.29) is 18.2 Å². The van der Waals surface area contributed by atoms with E-state index in [4.69, 9.17) is 4.74 Å². The fourth-order valence-corrected chi connectivity index (χ4v) is 1.26. The molecular weight excluding hydrogens is 268 g/mol. The monoisotopic (exact) mass is 282 g/mol. The van der Waals surface area contributed by atoms with Crippen LogP contribution in [-0.4, -0.2) is 41.4 Å². The third-order valence-corrected chi connectivity index (χ3v) is 2.10. The number of hydrogen-bond acceptors (Lipinski definition) is 6. The van der Waals surface area contributed by atoms with Crippen LogP contribution in [0.5, 0.6) is 5.75 Å². The standard InChI is InChI=1S/C11H14N4O5/c1-2-12-9(16)6-14-10(17)7-20-8-4-3-5-13-11(8)15(18)19/h3-5H,2,6-7H2,1H3,(H,12,16)(H,14,17). The summed E-state index contributed by atoms with van der Waals surface area (Å²) in [5, 5.41) is 15.5. The largest absolute Gasteiger partial charge is 0.476 e. The van der Waals surface area contributed by atoms with Gasteiger partial charge in [0.25, 0.3) is 5.91 Å². The maximum Gasteiger partial charge on any atom is 0.406 e. The zero-order chi connectivity index (χ0) is 15.0. The first-order valence-electron chi connectivity index (χ1n) is 5.80. The Morgan fingerprint density at radius 1 is 1.40 bits per heavy atom. The lowest BCUT2D eigenvalue weighted by Crippen LogP contribution is -2.38. The molecule has 0 aliphatic rings. The van der Waals surface area contributed by atoms with Gasteiger partial charge in [-0.05, 0) is 29.0 Å². The summed E-state index contributed by atoms with van der Waals surface area (Å²) in [5.41, 5.74) is 0. The van der Waals surface area contributed by atoms with Gasteiger partial charge in [0.1, 0.15) is 6.20 Å². The fraction of sp³-hybridized carbons (Fsp3) is 0.364. The molecule has 2 N–H and O–H groups in total. The third kappa shape index (κ3) is 4.88. The predicted molar refractivity (Wildman–Crippen MR) is 68.1 cm³/mol. The molecule has 0 bridgehead atoms. The van der Waals surface area contributed by atoms with E-state index < -0.39 is 23.3 Å². The van der Waals surface area contributed by atoms with Crippen LogP contribution >= 0.6 is 0 Å². The normalized spacial score (nSPS) is 9.65. The van der Waals surface area contributed by atoms with Crippen molar-refractivity contribution in [2.24, 2.45) is 0 Å². The lowest BCUT2D eigenvalue weighted by atomic mass is 10.4. The quantitative estimate of drug-likeness (QED) is 0.519. The third-order valence-electron chi connectivity index (χ3n) is 2.10. The van der Waals surface area contributed by atoms with Gasteiger partial charge in [0.2, 0.25) is 11.7 Å². The second kappa shape index (κ2) is 7.67. The molecule has 0 saturated carbocycles. The Morgan fingerprint density at radius 3 is 2.80 bits per heavy atom. The summed E-state index contributed by atoms with van der Waals surface area (Å²) in [6.07, 6.45) is 1.25. The second-order valence-electron chi connectivity index (χ2n) is 3.60. The van der Waals surface area contributed by atoms with E-state index in [1.54, 1.807) is 6.92 Å². The average molecular weight is 282 g/mol. The predicted octanol–water partition coefficient (Wildman–Crippen LogP) is -0.379. The molecule has 0 atom stereocenters. The van der Waals surface area contributed by atoms with Crippen LogP contribution in [0, 0.1) is 10.1 Å². The molecule has 1 heterocycles. The number of nitrogens with one attached hydrogen (secondary N) is 2. The van der Waals surface area contributed by atoms with E-state index in [9.17, 15) is 19.7 Å². The van der Waals surface area contributed by atoms with Crippen molar-refractivity contribution in [3.05, 3.63) is 28.4 Å². The van der Waals surface area contributed by atoms with Crippen LogP contribution in [0.3, 0.4) is 0 Å². The number of rotatable bonds is 7. The van der Waals surface area contributed by atoms with Gasteiger partial charge in [-0.15, -0.1) is 0 Å². The van der Waals surface area contributed by atoms with E-state index in [0.717, 1.165) is 0 Å². The number of hydrogen-bond donors (Lipinski definition) is 2. The van der Waals surface area contributed by atoms with Gasteiger partial charge in [-0.1, -0.05) is 0 Å². The lowest BCUT2D eigenvalue weighted by molar-refractivity contribution is -0.390. The van der Waals surface area contributed by atoms with E-state index in [1.165, 1.54) is 18.3 Å². The van der Waals surface area contributed by atoms with Gasteiger partial charge in [-0.25, -0.2) is 0 Å². The Morgan fingerprint density at radius 2 is 2.15 bits per heavy atom. The summed E-state index contributed by atoms with van der Waals surface area (Å²) in [6.45, 7) is 1.61. The molecule has 2 amide bonds. The highest BCUT2D eigenvalue weighted by atomic mass is 16.6. The van der Waals surface area contributed by atoms with Gasteiger partial charge in [0.15, 0.2) is 6.61 Å². The van der Waals surface area contributed by atoms with E-state index in [2.05, 4.69) is 15.6 Å². The Hall–Kier alpha value is -2.71. The van der Waals surface area contributed by atoms with Crippen LogP contribution < -0.4 is 15.4 Å². The summed E-state index contributed by atoms with van der Waals surface area (Å²) in [7, 11) is 0. The first-order chi connectivity index (χ1) is 9.54. The molecule has 1 rings (SSSR count). The van der Waals surface area contributed by atoms with Crippen LogP contribution in [0.15, 0.2) is 18.3 Å². The minimum Gasteiger partial charge on any atom is -0.476 e. The van der Waals surface area contributed by atoms with Gasteiger partial charge in [-0.2, -0.15) is 0 Å². The number of pyridine rings is 1. The summed E-state index contributed by atoms with van der Waals surface area (Å²) < 4.78 is 5.00. The fourth-order valence-electron chi connectivity index (χ4n) is 1.26. The highest BCUT2D eigenvalue weighted by Gasteiger charge is 2.16. The topological polar surface area (TPSA) is 123 Å². The lowest BCUT2D eigenvalue weighted by Gasteiger charge is -2.07. The molecule has 0 aromatic carbocycles. The van der Waals surface area contributed by atoms with Crippen molar-refractivity contribution >= 4 is 17.6 Å². The van der Waals surface area contributed by atoms with Crippen molar-refractivity contribution in [1.82, 2.24) is 15.6 Å². The maximum atomic E-state index is 11.4. The molecule has 0 spiro atoms. The van der Waals surface area contributed by atoms with Gasteiger partial charge in [0.05, 0.1) is 6.54 Å². The number of carbonyl (C=O) groups excluding carboxylic acids is 2. The van der Waals surface area contributed by atoms with Crippen molar-refractivity contribution in [1.29, 1.82) is 0 Å². The highest BCUT2D eigenvalue weighted by molar-refractivity contribution is 5.85. The number of ether oxygens (including phenoxy) is 1. The zero-order valence-corrected chi connectivity index (χ0v) is 10.8. The number of nitro groups is 1. The molecule has 9 heteroatoms. The Bertz CT molecular complexity index is 505. The van der Waals surface area contributed by atoms with Gasteiger partial charge in [-0.3, -0.25) is 9.59 Å². The molecule has 20 heavy (non-hydrogen) atoms. The number of aromatic nitrogens is 1. The minimum absolute atomic E-state index is 0.106. The van der Waals surface area contributed by atoms with Crippen LogP contribution in [-0.2, 0) is 9.59 Å². The van der Waals surface area contributed by atoms with Crippen molar-refractivity contribution in [3.63, 3.8) is 0 Å². The van der Waals surface area contributed by atoms with E-state index in [1.807, 2.05) is 0 Å². The SMILES string of the molecule is CCNC(=O)CNC(=O)COc1cccnc1[N+](=O)[O-]. The van der Waals surface area contributed by atoms with Gasteiger partial charge in [0, 0.05) is 6.54 Å². The number of amides is 2. The number of nitrogens with zero attached hydrogens (tertiary/aromatic N) is 2. The maximum absolute atomic E-state index is 11.4. The Kier molecular flexibility index (Phi) is 5.88. The Labute approximate surface area is 114 Å². The van der Waals surface area contributed by atoms with Gasteiger partial charge >= 0.3 is 5.82 Å². The molecule has 9 nitrogen and oxygen atoms in total. The van der Waals surface area contributed by atoms with Crippen LogP contribution in [0.25, 0.3) is 0 Å². The summed E-state index contributed by atoms with van der Waals surface area (Å²) in [4.78, 5) is 36.0. The summed E-state index contributed by atoms with van der Waals surface area (Å²) >= 11 is 0. The van der Waals surface area contributed by atoms with Crippen LogP contribution in [0.4, 0.5) is 5.82 Å². The zero-order valence-electron chi connectivity index (χ0n) is 10.8. The molecular formula is C11H14N4O5. The van der Waals surface area contributed by atoms with Crippen LogP contribution in [0.2, 0.25) is 0 Å². The summed E-state index contributed by atoms with van der Waals surface area (Å²) in [5.74, 6) is -1.46. The molecule has 0 unspecified atom stereocenters. The van der Waals surface area contributed by atoms with Crippen molar-refractivity contribution in [2.75, 3.05) is 19.7 Å². The molecule has 0 fully saturated rings. The first kappa shape index (κ1) is 15.3. The van der Waals surface area contributed by atoms with Gasteiger partial charge < -0.3 is 25.5 Å². The van der Waals surface area contributed by atoms with E-state index >= 15 is 0 Å². The molecule has 1 aromatic heterocycles. The molecule has 0 aliphatic carbocycles. The average Bonchev–Trinajstić information content (AvgIpc) is 2.43. The number of carbonyl (C=O) groups is 2. The van der Waals surface area contributed by atoms with E-state index in [0.29, 0.717) is 6.54 Å². The summed E-state index contributed by atoms with van der Waals surface area (Å²) in [6, 6.07) is 2.79. The number of likely N-dealkylation sites (N-methyl/N-ethyl adjacent to an activating group) is 1. The Balaban J connectivity index is 2.45. The molecule has 0 saturated heterocycles. The molecule has 108 valence electrons. The molecule has 1 aromatic rings. The minimum atomic E-state index is -0.706. The van der Waals surface area contributed by atoms with Crippen molar-refractivity contribution in [3.8, 4) is 5.75 Å². The van der Waals surface area contributed by atoms with Crippen molar-refractivity contribution in [2.45, 2.75) is 6.92 Å². The van der Waals surface area contributed by atoms with Crippen molar-refractivity contribution < 1.29 is 19.2 Å². The molecule has 0 radical (unpaired) electrons. The second-order valence-corrected chi connectivity index (χ2v) is 3.60. The highest BCUT2D eigenvalue weighted by Crippen LogP contribution is 2.22.